The highest BCUT2D eigenvalue weighted by molar-refractivity contribution is 7.99. The summed E-state index contributed by atoms with van der Waals surface area (Å²) in [4.78, 5) is 11.6. The molecule has 0 radical (unpaired) electrons. The second kappa shape index (κ2) is 7.45. The third kappa shape index (κ3) is 4.10. The molecule has 0 spiro atoms. The fraction of sp³-hybridized carbons (Fsp3) is 0.438. The lowest BCUT2D eigenvalue weighted by Crippen LogP contribution is -2.13. The molecule has 22 heavy (non-hydrogen) atoms. The van der Waals surface area contributed by atoms with Crippen molar-refractivity contribution in [2.75, 3.05) is 5.75 Å². The highest BCUT2D eigenvalue weighted by atomic mass is 32.2. The second-order valence-electron chi connectivity index (χ2n) is 5.25. The van der Waals surface area contributed by atoms with Gasteiger partial charge in [0.15, 0.2) is 11.0 Å². The molecule has 0 atom stereocenters. The van der Waals surface area contributed by atoms with Crippen molar-refractivity contribution in [3.8, 4) is 11.4 Å². The summed E-state index contributed by atoms with van der Waals surface area (Å²) < 4.78 is 7.15. The molecule has 0 aliphatic rings. The Bertz CT molecular complexity index is 653. The molecule has 0 amide bonds. The molecule has 0 bridgehead atoms. The van der Waals surface area contributed by atoms with Crippen LogP contribution in [0.1, 0.15) is 26.3 Å². The van der Waals surface area contributed by atoms with E-state index in [2.05, 4.69) is 16.3 Å². The maximum atomic E-state index is 11.6. The van der Waals surface area contributed by atoms with Crippen LogP contribution in [0.4, 0.5) is 0 Å². The Kier molecular flexibility index (Phi) is 5.60. The molecule has 1 aromatic heterocycles. The van der Waals surface area contributed by atoms with Gasteiger partial charge in [-0.05, 0) is 33.8 Å². The first-order valence-electron chi connectivity index (χ1n) is 7.33. The van der Waals surface area contributed by atoms with Crippen molar-refractivity contribution in [1.29, 1.82) is 0 Å². The topological polar surface area (TPSA) is 57.0 Å². The van der Waals surface area contributed by atoms with Crippen molar-refractivity contribution in [2.24, 2.45) is 0 Å². The largest absolute Gasteiger partial charge is 0.462 e. The van der Waals surface area contributed by atoms with E-state index in [0.717, 1.165) is 23.1 Å². The summed E-state index contributed by atoms with van der Waals surface area (Å²) in [6, 6.07) is 8.15. The van der Waals surface area contributed by atoms with Crippen LogP contribution in [-0.4, -0.2) is 32.6 Å². The molecule has 0 aliphatic carbocycles. The van der Waals surface area contributed by atoms with Gasteiger partial charge in [0.25, 0.3) is 0 Å². The van der Waals surface area contributed by atoms with E-state index < -0.39 is 0 Å². The van der Waals surface area contributed by atoms with Crippen LogP contribution in [0.25, 0.3) is 11.4 Å². The van der Waals surface area contributed by atoms with Gasteiger partial charge in [-0.2, -0.15) is 0 Å². The summed E-state index contributed by atoms with van der Waals surface area (Å²) in [7, 11) is 0. The van der Waals surface area contributed by atoms with Crippen LogP contribution >= 0.6 is 11.8 Å². The van der Waals surface area contributed by atoms with E-state index in [0.29, 0.717) is 0 Å². The standard InChI is InChI=1S/C16H21N3O2S/c1-5-19-15(13-8-6-7-12(4)9-13)17-18-16(19)22-10-14(20)21-11(2)3/h6-9,11H,5,10H2,1-4H3. The molecule has 5 nitrogen and oxygen atoms in total. The molecule has 118 valence electrons. The summed E-state index contributed by atoms with van der Waals surface area (Å²) in [6.45, 7) is 8.52. The predicted molar refractivity (Wildman–Crippen MR) is 87.8 cm³/mol. The third-order valence-corrected chi connectivity index (χ3v) is 3.94. The summed E-state index contributed by atoms with van der Waals surface area (Å²) in [5.41, 5.74) is 2.21. The zero-order valence-corrected chi connectivity index (χ0v) is 14.2. The van der Waals surface area contributed by atoms with Gasteiger partial charge in [-0.25, -0.2) is 0 Å². The van der Waals surface area contributed by atoms with Crippen LogP contribution in [0.5, 0.6) is 0 Å². The maximum Gasteiger partial charge on any atom is 0.316 e. The van der Waals surface area contributed by atoms with Crippen molar-refractivity contribution >= 4 is 17.7 Å². The van der Waals surface area contributed by atoms with Gasteiger partial charge < -0.3 is 9.30 Å². The number of nitrogens with zero attached hydrogens (tertiary/aromatic N) is 3. The number of carbonyl (C=O) groups excluding carboxylic acids is 1. The Labute approximate surface area is 135 Å². The van der Waals surface area contributed by atoms with Crippen molar-refractivity contribution in [2.45, 2.75) is 45.5 Å². The Morgan fingerprint density at radius 3 is 2.77 bits per heavy atom. The van der Waals surface area contributed by atoms with E-state index >= 15 is 0 Å². The molecule has 0 aliphatic heterocycles. The zero-order chi connectivity index (χ0) is 16.1. The van der Waals surface area contributed by atoms with Gasteiger partial charge in [-0.15, -0.1) is 10.2 Å². The molecule has 0 saturated heterocycles. The van der Waals surface area contributed by atoms with E-state index in [9.17, 15) is 4.79 Å². The van der Waals surface area contributed by atoms with E-state index in [1.54, 1.807) is 0 Å². The zero-order valence-electron chi connectivity index (χ0n) is 13.4. The van der Waals surface area contributed by atoms with Gasteiger partial charge in [0, 0.05) is 12.1 Å². The number of carbonyl (C=O) groups is 1. The number of ether oxygens (including phenoxy) is 1. The summed E-state index contributed by atoms with van der Waals surface area (Å²) >= 11 is 1.36. The van der Waals surface area contributed by atoms with Crippen molar-refractivity contribution in [1.82, 2.24) is 14.8 Å². The number of benzene rings is 1. The minimum absolute atomic E-state index is 0.0972. The lowest BCUT2D eigenvalue weighted by Gasteiger charge is -2.09. The van der Waals surface area contributed by atoms with E-state index in [-0.39, 0.29) is 17.8 Å². The summed E-state index contributed by atoms with van der Waals surface area (Å²) in [5.74, 6) is 0.832. The van der Waals surface area contributed by atoms with E-state index in [4.69, 9.17) is 4.74 Å². The average Bonchev–Trinajstić information content (AvgIpc) is 2.87. The minimum atomic E-state index is -0.234. The van der Waals surface area contributed by atoms with Crippen LogP contribution in [0.2, 0.25) is 0 Å². The van der Waals surface area contributed by atoms with Gasteiger partial charge in [-0.3, -0.25) is 4.79 Å². The van der Waals surface area contributed by atoms with Crippen molar-refractivity contribution in [3.05, 3.63) is 29.8 Å². The minimum Gasteiger partial charge on any atom is -0.462 e. The van der Waals surface area contributed by atoms with Crippen LogP contribution in [0.15, 0.2) is 29.4 Å². The first-order chi connectivity index (χ1) is 10.5. The SMILES string of the molecule is CCn1c(SCC(=O)OC(C)C)nnc1-c1cccc(C)c1. The molecular weight excluding hydrogens is 298 g/mol. The van der Waals surface area contributed by atoms with Gasteiger partial charge in [-0.1, -0.05) is 35.5 Å². The van der Waals surface area contributed by atoms with Crippen LogP contribution in [0.3, 0.4) is 0 Å². The molecule has 6 heteroatoms. The molecule has 1 heterocycles. The lowest BCUT2D eigenvalue weighted by atomic mass is 10.1. The molecule has 0 N–H and O–H groups in total. The smallest absolute Gasteiger partial charge is 0.316 e. The fourth-order valence-electron chi connectivity index (χ4n) is 2.10. The van der Waals surface area contributed by atoms with E-state index in [1.807, 2.05) is 50.5 Å². The van der Waals surface area contributed by atoms with Crippen LogP contribution in [-0.2, 0) is 16.1 Å². The number of hydrogen-bond donors (Lipinski definition) is 0. The molecule has 2 aromatic rings. The number of aromatic nitrogens is 3. The highest BCUT2D eigenvalue weighted by Gasteiger charge is 2.15. The molecule has 2 rings (SSSR count). The van der Waals surface area contributed by atoms with Gasteiger partial charge >= 0.3 is 5.97 Å². The van der Waals surface area contributed by atoms with Crippen molar-refractivity contribution < 1.29 is 9.53 Å². The average molecular weight is 319 g/mol. The molecule has 0 fully saturated rings. The van der Waals surface area contributed by atoms with E-state index in [1.165, 1.54) is 17.3 Å². The Morgan fingerprint density at radius 1 is 1.36 bits per heavy atom. The fourth-order valence-corrected chi connectivity index (χ4v) is 2.88. The second-order valence-corrected chi connectivity index (χ2v) is 6.19. The Hall–Kier alpha value is -1.82. The normalized spacial score (nSPS) is 11.0. The third-order valence-electron chi connectivity index (χ3n) is 3.00. The first kappa shape index (κ1) is 16.5. The number of thioether (sulfide) groups is 1. The highest BCUT2D eigenvalue weighted by Crippen LogP contribution is 2.24. The monoisotopic (exact) mass is 319 g/mol. The molecule has 0 saturated carbocycles. The quantitative estimate of drug-likeness (QED) is 0.604. The van der Waals surface area contributed by atoms with Gasteiger partial charge in [0.1, 0.15) is 0 Å². The number of hydrogen-bond acceptors (Lipinski definition) is 5. The molecule has 1 aromatic carbocycles. The van der Waals surface area contributed by atoms with Crippen LogP contribution < -0.4 is 0 Å². The molecular formula is C16H21N3O2S. The number of rotatable bonds is 6. The number of esters is 1. The lowest BCUT2D eigenvalue weighted by molar-refractivity contribution is -0.144. The Balaban J connectivity index is 2.16. The molecule has 0 unspecified atom stereocenters. The predicted octanol–water partition coefficient (Wildman–Crippen LogP) is 3.32. The van der Waals surface area contributed by atoms with Gasteiger partial charge in [0.2, 0.25) is 0 Å². The first-order valence-corrected chi connectivity index (χ1v) is 8.32. The van der Waals surface area contributed by atoms with Crippen LogP contribution in [0, 0.1) is 6.92 Å². The van der Waals surface area contributed by atoms with Gasteiger partial charge in [0.05, 0.1) is 11.9 Å². The number of aryl methyl sites for hydroxylation is 1. The summed E-state index contributed by atoms with van der Waals surface area (Å²) in [6.07, 6.45) is -0.0972. The Morgan fingerprint density at radius 2 is 2.14 bits per heavy atom. The van der Waals surface area contributed by atoms with Crippen molar-refractivity contribution in [3.63, 3.8) is 0 Å². The summed E-state index contributed by atoms with van der Waals surface area (Å²) in [5, 5.41) is 9.23. The maximum absolute atomic E-state index is 11.6.